The van der Waals surface area contributed by atoms with E-state index in [1.165, 1.54) is 0 Å². The predicted octanol–water partition coefficient (Wildman–Crippen LogP) is 3.90. The van der Waals surface area contributed by atoms with Gasteiger partial charge in [0.05, 0.1) is 12.2 Å². The number of nitrogens with two attached hydrogens (primary N) is 1. The van der Waals surface area contributed by atoms with Crippen LogP contribution in [0.4, 0.5) is 0 Å². The quantitative estimate of drug-likeness (QED) is 0.809. The van der Waals surface area contributed by atoms with Crippen LogP contribution in [0.15, 0.2) is 22.7 Å². The third-order valence-electron chi connectivity index (χ3n) is 2.84. The number of thiocarbonyl (C=S) groups is 1. The Labute approximate surface area is 117 Å². The Hall–Kier alpha value is -0.610. The highest BCUT2D eigenvalue weighted by Crippen LogP contribution is 2.24. The Balaban J connectivity index is 2.81. The normalized spacial score (nSPS) is 10.6. The first-order valence-corrected chi connectivity index (χ1v) is 7.00. The number of halogens is 1. The van der Waals surface area contributed by atoms with E-state index in [-0.39, 0.29) is 0 Å². The van der Waals surface area contributed by atoms with Crippen LogP contribution in [0.5, 0.6) is 5.75 Å². The van der Waals surface area contributed by atoms with Gasteiger partial charge in [0.25, 0.3) is 0 Å². The van der Waals surface area contributed by atoms with E-state index >= 15 is 0 Å². The topological polar surface area (TPSA) is 35.2 Å². The fourth-order valence-electron chi connectivity index (χ4n) is 1.55. The van der Waals surface area contributed by atoms with E-state index in [9.17, 15) is 0 Å². The molecule has 0 aliphatic heterocycles. The fraction of sp³-hybridized carbons (Fsp3) is 0.462. The van der Waals surface area contributed by atoms with Crippen LogP contribution in [0.2, 0.25) is 0 Å². The molecule has 94 valence electrons. The van der Waals surface area contributed by atoms with Crippen LogP contribution in [0.25, 0.3) is 0 Å². The lowest BCUT2D eigenvalue weighted by atomic mass is 10.1. The fourth-order valence-corrected chi connectivity index (χ4v) is 2.06. The summed E-state index contributed by atoms with van der Waals surface area (Å²) in [5.74, 6) is 1.34. The third-order valence-corrected chi connectivity index (χ3v) is 3.55. The molecule has 0 unspecified atom stereocenters. The van der Waals surface area contributed by atoms with Crippen molar-refractivity contribution in [3.63, 3.8) is 0 Å². The zero-order chi connectivity index (χ0) is 12.8. The summed E-state index contributed by atoms with van der Waals surface area (Å²) in [5, 5.41) is 0. The average molecular weight is 316 g/mol. The van der Waals surface area contributed by atoms with Crippen LogP contribution in [0.1, 0.15) is 32.3 Å². The smallest absolute Gasteiger partial charge is 0.130 e. The summed E-state index contributed by atoms with van der Waals surface area (Å²) in [6.07, 6.45) is 2.24. The Kier molecular flexibility index (Phi) is 5.92. The summed E-state index contributed by atoms with van der Waals surface area (Å²) in [6, 6.07) is 5.71. The molecular formula is C13H18BrNOS. The maximum atomic E-state index is 5.83. The Morgan fingerprint density at radius 2 is 2.06 bits per heavy atom. The van der Waals surface area contributed by atoms with Gasteiger partial charge in [0.1, 0.15) is 10.7 Å². The van der Waals surface area contributed by atoms with Crippen molar-refractivity contribution >= 4 is 33.1 Å². The van der Waals surface area contributed by atoms with E-state index in [0.29, 0.717) is 17.5 Å². The Morgan fingerprint density at radius 1 is 1.41 bits per heavy atom. The van der Waals surface area contributed by atoms with E-state index < -0.39 is 0 Å². The van der Waals surface area contributed by atoms with Crippen LogP contribution < -0.4 is 10.5 Å². The van der Waals surface area contributed by atoms with Crippen molar-refractivity contribution in [2.75, 3.05) is 6.61 Å². The van der Waals surface area contributed by atoms with Crippen molar-refractivity contribution in [1.82, 2.24) is 0 Å². The van der Waals surface area contributed by atoms with Gasteiger partial charge in [-0.3, -0.25) is 0 Å². The van der Waals surface area contributed by atoms with E-state index in [4.69, 9.17) is 22.7 Å². The summed E-state index contributed by atoms with van der Waals surface area (Å²) in [5.41, 5.74) is 6.47. The molecule has 0 bridgehead atoms. The highest BCUT2D eigenvalue weighted by Gasteiger charge is 2.10. The molecule has 0 fully saturated rings. The third kappa shape index (κ3) is 4.28. The summed E-state index contributed by atoms with van der Waals surface area (Å²) >= 11 is 8.43. The summed E-state index contributed by atoms with van der Waals surface area (Å²) in [6.45, 7) is 5.05. The van der Waals surface area contributed by atoms with Crippen molar-refractivity contribution in [2.24, 2.45) is 11.7 Å². The van der Waals surface area contributed by atoms with Gasteiger partial charge >= 0.3 is 0 Å². The average Bonchev–Trinajstić information content (AvgIpc) is 2.30. The molecule has 0 aliphatic carbocycles. The molecule has 0 heterocycles. The Morgan fingerprint density at radius 3 is 2.59 bits per heavy atom. The first-order valence-electron chi connectivity index (χ1n) is 5.80. The lowest BCUT2D eigenvalue weighted by Gasteiger charge is -2.16. The molecule has 17 heavy (non-hydrogen) atoms. The minimum atomic E-state index is 0.372. The van der Waals surface area contributed by atoms with E-state index in [1.54, 1.807) is 0 Å². The van der Waals surface area contributed by atoms with Crippen LogP contribution >= 0.6 is 28.1 Å². The van der Waals surface area contributed by atoms with Gasteiger partial charge in [0.15, 0.2) is 0 Å². The van der Waals surface area contributed by atoms with Crippen LogP contribution in [-0.2, 0) is 0 Å². The van der Waals surface area contributed by atoms with Gasteiger partial charge < -0.3 is 10.5 Å². The van der Waals surface area contributed by atoms with Gasteiger partial charge in [-0.1, -0.05) is 54.8 Å². The molecule has 1 aromatic carbocycles. The second kappa shape index (κ2) is 6.97. The highest BCUT2D eigenvalue weighted by atomic mass is 79.9. The van der Waals surface area contributed by atoms with E-state index in [2.05, 4.69) is 29.8 Å². The monoisotopic (exact) mass is 315 g/mol. The number of benzene rings is 1. The van der Waals surface area contributed by atoms with Crippen LogP contribution in [0, 0.1) is 5.92 Å². The minimum Gasteiger partial charge on any atom is -0.493 e. The molecule has 0 atom stereocenters. The van der Waals surface area contributed by atoms with Crippen molar-refractivity contribution in [3.8, 4) is 5.75 Å². The standard InChI is InChI=1S/C13H18BrNOS/c1-3-9(4-2)8-16-12-7-10(14)5-6-11(12)13(15)17/h5-7,9H,3-4,8H2,1-2H3,(H2,15,17). The van der Waals surface area contributed by atoms with Gasteiger partial charge in [-0.05, 0) is 24.1 Å². The molecule has 0 saturated heterocycles. The molecule has 2 N–H and O–H groups in total. The van der Waals surface area contributed by atoms with Crippen LogP contribution in [0.3, 0.4) is 0 Å². The second-order valence-corrected chi connectivity index (χ2v) is 5.35. The Bertz CT molecular complexity index is 391. The number of hydrogen-bond donors (Lipinski definition) is 1. The first kappa shape index (κ1) is 14.5. The molecule has 0 saturated carbocycles. The summed E-state index contributed by atoms with van der Waals surface area (Å²) < 4.78 is 6.80. The van der Waals surface area contributed by atoms with Crippen molar-refractivity contribution in [3.05, 3.63) is 28.2 Å². The SMILES string of the molecule is CCC(CC)COc1cc(Br)ccc1C(N)=S. The zero-order valence-electron chi connectivity index (χ0n) is 10.2. The van der Waals surface area contributed by atoms with Crippen molar-refractivity contribution in [1.29, 1.82) is 0 Å². The molecular weight excluding hydrogens is 298 g/mol. The summed E-state index contributed by atoms with van der Waals surface area (Å²) in [4.78, 5) is 0.372. The predicted molar refractivity (Wildman–Crippen MR) is 79.6 cm³/mol. The molecule has 0 aliphatic rings. The minimum absolute atomic E-state index is 0.372. The molecule has 0 spiro atoms. The molecule has 1 aromatic rings. The van der Waals surface area contributed by atoms with Gasteiger partial charge in [0, 0.05) is 4.47 Å². The summed E-state index contributed by atoms with van der Waals surface area (Å²) in [7, 11) is 0. The number of rotatable bonds is 6. The molecule has 0 amide bonds. The highest BCUT2D eigenvalue weighted by molar-refractivity contribution is 9.10. The largest absolute Gasteiger partial charge is 0.493 e. The van der Waals surface area contributed by atoms with Crippen molar-refractivity contribution in [2.45, 2.75) is 26.7 Å². The zero-order valence-corrected chi connectivity index (χ0v) is 12.6. The van der Waals surface area contributed by atoms with E-state index in [1.807, 2.05) is 18.2 Å². The lowest BCUT2D eigenvalue weighted by molar-refractivity contribution is 0.240. The molecule has 1 rings (SSSR count). The molecule has 2 nitrogen and oxygen atoms in total. The van der Waals surface area contributed by atoms with Crippen molar-refractivity contribution < 1.29 is 4.74 Å². The van der Waals surface area contributed by atoms with Gasteiger partial charge in [-0.15, -0.1) is 0 Å². The number of hydrogen-bond acceptors (Lipinski definition) is 2. The molecule has 0 aromatic heterocycles. The maximum absolute atomic E-state index is 5.83. The molecule has 0 radical (unpaired) electrons. The van der Waals surface area contributed by atoms with Gasteiger partial charge in [-0.25, -0.2) is 0 Å². The van der Waals surface area contributed by atoms with Gasteiger partial charge in [0.2, 0.25) is 0 Å². The lowest BCUT2D eigenvalue weighted by Crippen LogP contribution is -2.15. The maximum Gasteiger partial charge on any atom is 0.130 e. The first-order chi connectivity index (χ1) is 8.08. The van der Waals surface area contributed by atoms with Gasteiger partial charge in [-0.2, -0.15) is 0 Å². The van der Waals surface area contributed by atoms with E-state index in [0.717, 1.165) is 28.6 Å². The number of ether oxygens (including phenoxy) is 1. The molecule has 4 heteroatoms. The van der Waals surface area contributed by atoms with Crippen LogP contribution in [-0.4, -0.2) is 11.6 Å². The second-order valence-electron chi connectivity index (χ2n) is 4.00.